The fourth-order valence-corrected chi connectivity index (χ4v) is 4.38. The van der Waals surface area contributed by atoms with Gasteiger partial charge in [-0.25, -0.2) is 4.68 Å². The number of amides is 1. The molecule has 1 amide bonds. The highest BCUT2D eigenvalue weighted by Crippen LogP contribution is 2.32. The van der Waals surface area contributed by atoms with Gasteiger partial charge >= 0.3 is 0 Å². The molecule has 0 spiro atoms. The van der Waals surface area contributed by atoms with Crippen molar-refractivity contribution in [3.05, 3.63) is 65.0 Å². The maximum atomic E-state index is 12.8. The minimum Gasteiger partial charge on any atom is -0.486 e. The van der Waals surface area contributed by atoms with Crippen LogP contribution >= 0.6 is 11.8 Å². The molecule has 0 saturated carbocycles. The number of rotatable bonds is 9. The lowest BCUT2D eigenvalue weighted by Crippen LogP contribution is -2.19. The van der Waals surface area contributed by atoms with E-state index in [1.165, 1.54) is 22.0 Å². The van der Waals surface area contributed by atoms with Crippen molar-refractivity contribution < 1.29 is 9.53 Å². The lowest BCUT2D eigenvalue weighted by Gasteiger charge is -2.20. The Morgan fingerprint density at radius 2 is 1.63 bits per heavy atom. The van der Waals surface area contributed by atoms with E-state index in [4.69, 9.17) is 10.6 Å². The molecule has 0 aliphatic rings. The van der Waals surface area contributed by atoms with Gasteiger partial charge in [0.2, 0.25) is 11.1 Å². The second kappa shape index (κ2) is 11.2. The van der Waals surface area contributed by atoms with Crippen molar-refractivity contribution >= 4 is 23.4 Å². The second-order valence-corrected chi connectivity index (χ2v) is 11.2. The third kappa shape index (κ3) is 6.78. The van der Waals surface area contributed by atoms with Gasteiger partial charge in [-0.05, 0) is 46.1 Å². The van der Waals surface area contributed by atoms with E-state index >= 15 is 0 Å². The van der Waals surface area contributed by atoms with Gasteiger partial charge in [0.15, 0.2) is 5.82 Å². The third-order valence-corrected chi connectivity index (χ3v) is 6.74. The molecule has 0 aliphatic heterocycles. The summed E-state index contributed by atoms with van der Waals surface area (Å²) in [5, 5.41) is 11.8. The zero-order valence-electron chi connectivity index (χ0n) is 21.8. The summed E-state index contributed by atoms with van der Waals surface area (Å²) in [5.74, 6) is 8.07. The number of nitrogens with two attached hydrogens (primary N) is 1. The molecule has 188 valence electrons. The predicted octanol–water partition coefficient (Wildman–Crippen LogP) is 5.85. The summed E-state index contributed by atoms with van der Waals surface area (Å²) >= 11 is 1.25. The Hall–Kier alpha value is -3.00. The lowest BCUT2D eigenvalue weighted by molar-refractivity contribution is -0.113. The molecule has 1 heterocycles. The van der Waals surface area contributed by atoms with Crippen molar-refractivity contribution in [1.29, 1.82) is 0 Å². The van der Waals surface area contributed by atoms with Crippen LogP contribution in [-0.4, -0.2) is 26.5 Å². The van der Waals surface area contributed by atoms with Gasteiger partial charge in [0.25, 0.3) is 0 Å². The summed E-state index contributed by atoms with van der Waals surface area (Å²) in [6, 6.07) is 14.2. The zero-order valence-corrected chi connectivity index (χ0v) is 22.6. The largest absolute Gasteiger partial charge is 0.486 e. The number of benzene rings is 2. The van der Waals surface area contributed by atoms with Crippen LogP contribution in [0.15, 0.2) is 47.6 Å². The number of carbonyl (C=O) groups is 1. The summed E-state index contributed by atoms with van der Waals surface area (Å²) in [6.45, 7) is 15.2. The lowest BCUT2D eigenvalue weighted by atomic mass is 9.87. The molecule has 35 heavy (non-hydrogen) atoms. The van der Waals surface area contributed by atoms with Gasteiger partial charge in [-0.1, -0.05) is 90.6 Å². The molecule has 0 aliphatic carbocycles. The van der Waals surface area contributed by atoms with E-state index in [2.05, 4.69) is 94.3 Å². The van der Waals surface area contributed by atoms with E-state index < -0.39 is 0 Å². The first-order chi connectivity index (χ1) is 16.5. The van der Waals surface area contributed by atoms with Crippen LogP contribution in [0.2, 0.25) is 0 Å². The number of thioether (sulfide) groups is 1. The quantitative estimate of drug-likeness (QED) is 0.286. The summed E-state index contributed by atoms with van der Waals surface area (Å²) in [6.07, 6.45) is 0. The van der Waals surface area contributed by atoms with E-state index in [1.54, 1.807) is 0 Å². The first-order valence-corrected chi connectivity index (χ1v) is 12.9. The van der Waals surface area contributed by atoms with Gasteiger partial charge in [-0.15, -0.1) is 10.2 Å². The highest BCUT2D eigenvalue weighted by Gasteiger charge is 2.18. The zero-order chi connectivity index (χ0) is 25.8. The molecule has 0 radical (unpaired) electrons. The number of para-hydroxylation sites is 1. The number of nitrogen functional groups attached to an aromatic ring is 1. The summed E-state index contributed by atoms with van der Waals surface area (Å²) in [4.78, 5) is 12.8. The molecule has 0 fully saturated rings. The van der Waals surface area contributed by atoms with Crippen LogP contribution in [0.25, 0.3) is 0 Å². The van der Waals surface area contributed by atoms with Gasteiger partial charge in [-0.2, -0.15) is 0 Å². The average Bonchev–Trinajstić information content (AvgIpc) is 3.15. The van der Waals surface area contributed by atoms with E-state index in [0.717, 1.165) is 22.6 Å². The molecular formula is C27H37N5O2S. The van der Waals surface area contributed by atoms with E-state index in [1.807, 2.05) is 12.1 Å². The molecule has 3 N–H and O–H groups in total. The van der Waals surface area contributed by atoms with Crippen molar-refractivity contribution in [2.45, 2.75) is 77.5 Å². The van der Waals surface area contributed by atoms with Crippen LogP contribution in [0.3, 0.4) is 0 Å². The van der Waals surface area contributed by atoms with Gasteiger partial charge in [0.05, 0.1) is 5.75 Å². The standard InChI is InChI=1S/C27H37N5O2S/c1-17(2)21-9-8-10-22(18(3)4)25(21)29-24(33)16-35-26-31-30-23(32(26)28)15-34-20-13-11-19(12-14-20)27(5,6)7/h8-14,17-18H,15-16,28H2,1-7H3,(H,29,33). The van der Waals surface area contributed by atoms with Gasteiger partial charge < -0.3 is 15.9 Å². The van der Waals surface area contributed by atoms with Gasteiger partial charge in [0, 0.05) is 5.69 Å². The van der Waals surface area contributed by atoms with Crippen LogP contribution in [0.4, 0.5) is 5.69 Å². The molecule has 0 atom stereocenters. The molecule has 3 rings (SSSR count). The third-order valence-electron chi connectivity index (χ3n) is 5.79. The molecular weight excluding hydrogens is 458 g/mol. The van der Waals surface area contributed by atoms with Crippen molar-refractivity contribution in [3.8, 4) is 5.75 Å². The molecule has 0 saturated heterocycles. The number of nitrogens with one attached hydrogen (secondary N) is 1. The monoisotopic (exact) mass is 495 g/mol. The molecule has 0 bridgehead atoms. The molecule has 1 aromatic heterocycles. The summed E-state index contributed by atoms with van der Waals surface area (Å²) in [5.41, 5.74) is 4.49. The van der Waals surface area contributed by atoms with E-state index in [0.29, 0.717) is 22.8 Å². The number of hydrogen-bond donors (Lipinski definition) is 2. The number of anilines is 1. The Labute approximate surface area is 212 Å². The number of nitrogens with zero attached hydrogens (tertiary/aromatic N) is 3. The van der Waals surface area contributed by atoms with Crippen LogP contribution in [-0.2, 0) is 16.8 Å². The second-order valence-electron chi connectivity index (χ2n) is 10.3. The van der Waals surface area contributed by atoms with Crippen LogP contribution in [0.1, 0.15) is 82.8 Å². The van der Waals surface area contributed by atoms with E-state index in [9.17, 15) is 4.79 Å². The Morgan fingerprint density at radius 1 is 1.03 bits per heavy atom. The molecule has 2 aromatic carbocycles. The molecule has 0 unspecified atom stereocenters. The van der Waals surface area contributed by atoms with Gasteiger partial charge in [0.1, 0.15) is 12.4 Å². The fourth-order valence-electron chi connectivity index (χ4n) is 3.70. The first-order valence-electron chi connectivity index (χ1n) is 12.0. The number of ether oxygens (including phenoxy) is 1. The van der Waals surface area contributed by atoms with Crippen LogP contribution < -0.4 is 15.9 Å². The van der Waals surface area contributed by atoms with Crippen LogP contribution in [0.5, 0.6) is 5.75 Å². The Bertz CT molecular complexity index is 1120. The summed E-state index contributed by atoms with van der Waals surface area (Å²) < 4.78 is 7.22. The fraction of sp³-hybridized carbons (Fsp3) is 0.444. The number of hydrogen-bond acceptors (Lipinski definition) is 6. The number of carbonyl (C=O) groups excluding carboxylic acids is 1. The maximum Gasteiger partial charge on any atom is 0.234 e. The normalized spacial score (nSPS) is 11.8. The minimum atomic E-state index is -0.107. The van der Waals surface area contributed by atoms with Gasteiger partial charge in [-0.3, -0.25) is 4.79 Å². The average molecular weight is 496 g/mol. The summed E-state index contributed by atoms with van der Waals surface area (Å²) in [7, 11) is 0. The highest BCUT2D eigenvalue weighted by atomic mass is 32.2. The SMILES string of the molecule is CC(C)c1cccc(C(C)C)c1NC(=O)CSc1nnc(COc2ccc(C(C)(C)C)cc2)n1N. The number of aromatic nitrogens is 3. The molecule has 3 aromatic rings. The first kappa shape index (κ1) is 26.6. The Kier molecular flexibility index (Phi) is 8.48. The predicted molar refractivity (Wildman–Crippen MR) is 144 cm³/mol. The Balaban J connectivity index is 1.60. The molecule has 8 heteroatoms. The topological polar surface area (TPSA) is 95.1 Å². The van der Waals surface area contributed by atoms with Crippen molar-refractivity contribution in [2.75, 3.05) is 16.9 Å². The maximum absolute atomic E-state index is 12.8. The van der Waals surface area contributed by atoms with E-state index in [-0.39, 0.29) is 23.7 Å². The Morgan fingerprint density at radius 3 is 2.17 bits per heavy atom. The van der Waals surface area contributed by atoms with Crippen LogP contribution in [0, 0.1) is 0 Å². The van der Waals surface area contributed by atoms with Crippen molar-refractivity contribution in [3.63, 3.8) is 0 Å². The molecule has 7 nitrogen and oxygen atoms in total. The van der Waals surface area contributed by atoms with Crippen molar-refractivity contribution in [2.24, 2.45) is 0 Å². The highest BCUT2D eigenvalue weighted by molar-refractivity contribution is 7.99. The minimum absolute atomic E-state index is 0.0849. The van der Waals surface area contributed by atoms with Crippen molar-refractivity contribution in [1.82, 2.24) is 14.9 Å². The smallest absolute Gasteiger partial charge is 0.234 e.